The highest BCUT2D eigenvalue weighted by atomic mass is 16.5. The first-order valence-corrected chi connectivity index (χ1v) is 17.4. The monoisotopic (exact) mass is 601 g/mol. The minimum absolute atomic E-state index is 0.739. The van der Waals surface area contributed by atoms with E-state index in [9.17, 15) is 0 Å². The van der Waals surface area contributed by atoms with Gasteiger partial charge in [-0.25, -0.2) is 4.42 Å². The van der Waals surface area contributed by atoms with Gasteiger partial charge >= 0.3 is 11.5 Å². The number of methoxy groups -OCH3 is 1. The van der Waals surface area contributed by atoms with Crippen molar-refractivity contribution in [1.82, 2.24) is 0 Å². The highest BCUT2D eigenvalue weighted by Crippen LogP contribution is 2.32. The second-order valence-corrected chi connectivity index (χ2v) is 11.9. The molecule has 0 N–H and O–H groups in total. The Kier molecular flexibility index (Phi) is 17.8. The summed E-state index contributed by atoms with van der Waals surface area (Å²) in [6.07, 6.45) is 24.3. The fourth-order valence-corrected chi connectivity index (χ4v) is 5.38. The van der Waals surface area contributed by atoms with E-state index in [0.717, 1.165) is 65.8 Å². The Morgan fingerprint density at radius 3 is 1.41 bits per heavy atom. The van der Waals surface area contributed by atoms with Gasteiger partial charge in [-0.3, -0.25) is 0 Å². The summed E-state index contributed by atoms with van der Waals surface area (Å²) in [7, 11) is 1.66. The highest BCUT2D eigenvalue weighted by Gasteiger charge is 2.20. The summed E-state index contributed by atoms with van der Waals surface area (Å²) in [6, 6.07) is 20.5. The summed E-state index contributed by atoms with van der Waals surface area (Å²) in [5.41, 5.74) is 2.96. The summed E-state index contributed by atoms with van der Waals surface area (Å²) in [4.78, 5) is 0. The SMILES string of the molecule is CCCCCCCCCCOc1cccc(-c2cc(C=COC)cc(-c3cccc(OCCCCCCCCCC)c3)[o+]2)c1. The Hall–Kier alpha value is -3.27. The number of ether oxygens (including phenoxy) is 3. The van der Waals surface area contributed by atoms with E-state index in [0.29, 0.717) is 0 Å². The molecule has 3 aromatic rings. The molecular formula is C40H57O4+. The van der Waals surface area contributed by atoms with Crippen molar-refractivity contribution in [2.75, 3.05) is 20.3 Å². The molecular weight excluding hydrogens is 544 g/mol. The molecule has 0 aliphatic carbocycles. The fraction of sp³-hybridized carbons (Fsp3) is 0.525. The van der Waals surface area contributed by atoms with Crippen molar-refractivity contribution in [3.05, 3.63) is 72.5 Å². The maximum absolute atomic E-state index is 6.49. The maximum Gasteiger partial charge on any atom is 0.361 e. The lowest BCUT2D eigenvalue weighted by molar-refractivity contribution is 0.304. The molecule has 0 saturated heterocycles. The zero-order valence-electron chi connectivity index (χ0n) is 27.8. The molecule has 0 saturated carbocycles. The molecule has 0 atom stereocenters. The van der Waals surface area contributed by atoms with Gasteiger partial charge in [0.25, 0.3) is 0 Å². The van der Waals surface area contributed by atoms with Crippen molar-refractivity contribution >= 4 is 6.08 Å². The van der Waals surface area contributed by atoms with Crippen molar-refractivity contribution in [2.45, 2.75) is 117 Å². The van der Waals surface area contributed by atoms with Crippen LogP contribution in [0.1, 0.15) is 122 Å². The van der Waals surface area contributed by atoms with Crippen molar-refractivity contribution in [3.8, 4) is 34.1 Å². The molecule has 240 valence electrons. The van der Waals surface area contributed by atoms with Crippen LogP contribution >= 0.6 is 0 Å². The van der Waals surface area contributed by atoms with Gasteiger partial charge in [0.1, 0.15) is 11.5 Å². The van der Waals surface area contributed by atoms with E-state index in [4.69, 9.17) is 18.6 Å². The van der Waals surface area contributed by atoms with E-state index >= 15 is 0 Å². The second kappa shape index (κ2) is 22.3. The van der Waals surface area contributed by atoms with E-state index < -0.39 is 0 Å². The molecule has 2 aromatic carbocycles. The zero-order valence-corrected chi connectivity index (χ0v) is 27.8. The van der Waals surface area contributed by atoms with Gasteiger partial charge in [-0.15, -0.1) is 0 Å². The Balaban J connectivity index is 1.60. The number of benzene rings is 2. The van der Waals surface area contributed by atoms with E-state index in [1.165, 1.54) is 89.9 Å². The number of hydrogen-bond donors (Lipinski definition) is 0. The molecule has 0 amide bonds. The van der Waals surface area contributed by atoms with E-state index in [-0.39, 0.29) is 0 Å². The van der Waals surface area contributed by atoms with Gasteiger partial charge in [-0.1, -0.05) is 116 Å². The summed E-state index contributed by atoms with van der Waals surface area (Å²) < 4.78 is 24.0. The lowest BCUT2D eigenvalue weighted by Crippen LogP contribution is -1.98. The Morgan fingerprint density at radius 1 is 0.545 bits per heavy atom. The van der Waals surface area contributed by atoms with Crippen LogP contribution in [0, 0.1) is 0 Å². The molecule has 0 spiro atoms. The first-order valence-electron chi connectivity index (χ1n) is 17.4. The van der Waals surface area contributed by atoms with Crippen molar-refractivity contribution in [2.24, 2.45) is 0 Å². The predicted octanol–water partition coefficient (Wildman–Crippen LogP) is 12.6. The Bertz CT molecular complexity index is 1120. The second-order valence-electron chi connectivity index (χ2n) is 11.9. The third kappa shape index (κ3) is 14.0. The first kappa shape index (κ1) is 35.2. The van der Waals surface area contributed by atoms with Crippen LogP contribution in [0.3, 0.4) is 0 Å². The van der Waals surface area contributed by atoms with Gasteiger partial charge in [0, 0.05) is 0 Å². The molecule has 0 aliphatic rings. The maximum atomic E-state index is 6.49. The average Bonchev–Trinajstić information content (AvgIpc) is 3.06. The Labute approximate surface area is 267 Å². The summed E-state index contributed by atoms with van der Waals surface area (Å²) in [6.45, 7) is 6.01. The van der Waals surface area contributed by atoms with Crippen molar-refractivity contribution in [3.63, 3.8) is 0 Å². The number of rotatable bonds is 24. The average molecular weight is 602 g/mol. The lowest BCUT2D eigenvalue weighted by Gasteiger charge is -2.07. The van der Waals surface area contributed by atoms with Crippen molar-refractivity contribution < 1.29 is 18.6 Å². The van der Waals surface area contributed by atoms with Gasteiger partial charge in [0.05, 0.1) is 49.8 Å². The quantitative estimate of drug-likeness (QED) is 0.0581. The Morgan fingerprint density at radius 2 is 0.977 bits per heavy atom. The van der Waals surface area contributed by atoms with Gasteiger partial charge in [0.2, 0.25) is 0 Å². The first-order chi connectivity index (χ1) is 21.7. The molecule has 0 radical (unpaired) electrons. The van der Waals surface area contributed by atoms with Gasteiger partial charge in [0.15, 0.2) is 0 Å². The minimum atomic E-state index is 0.739. The molecule has 4 heteroatoms. The van der Waals surface area contributed by atoms with E-state index in [1.54, 1.807) is 13.4 Å². The third-order valence-corrected chi connectivity index (χ3v) is 7.98. The van der Waals surface area contributed by atoms with Gasteiger partial charge in [-0.2, -0.15) is 0 Å². The molecule has 3 rings (SSSR count). The summed E-state index contributed by atoms with van der Waals surface area (Å²) in [5, 5.41) is 0. The minimum Gasteiger partial charge on any atom is -0.504 e. The lowest BCUT2D eigenvalue weighted by atomic mass is 10.1. The van der Waals surface area contributed by atoms with Crippen LogP contribution < -0.4 is 9.47 Å². The highest BCUT2D eigenvalue weighted by molar-refractivity contribution is 5.69. The van der Waals surface area contributed by atoms with Crippen LogP contribution in [0.4, 0.5) is 0 Å². The standard InChI is InChI=1S/C40H57O4/c1-4-6-8-10-12-14-16-18-27-42-37-24-20-22-35(32-37)39-30-34(26-29-41-3)31-40(44-39)36-23-21-25-38(33-36)43-28-19-17-15-13-11-9-7-5-2/h20-26,29-33H,4-19,27-28H2,1-3H3/q+1. The van der Waals surface area contributed by atoms with Crippen LogP contribution in [0.2, 0.25) is 0 Å². The molecule has 1 aromatic heterocycles. The molecule has 4 nitrogen and oxygen atoms in total. The van der Waals surface area contributed by atoms with E-state index in [1.807, 2.05) is 42.5 Å². The van der Waals surface area contributed by atoms with Gasteiger partial charge < -0.3 is 14.2 Å². The van der Waals surface area contributed by atoms with Gasteiger partial charge in [-0.05, 0) is 60.9 Å². The number of hydrogen-bond acceptors (Lipinski definition) is 3. The van der Waals surface area contributed by atoms with E-state index in [2.05, 4.69) is 38.1 Å². The third-order valence-electron chi connectivity index (χ3n) is 7.98. The molecule has 0 aliphatic heterocycles. The van der Waals surface area contributed by atoms with Crippen molar-refractivity contribution in [1.29, 1.82) is 0 Å². The van der Waals surface area contributed by atoms with Crippen LogP contribution in [-0.2, 0) is 4.74 Å². The predicted molar refractivity (Wildman–Crippen MR) is 186 cm³/mol. The molecule has 1 heterocycles. The van der Waals surface area contributed by atoms with Crippen LogP contribution in [0.15, 0.2) is 71.3 Å². The molecule has 0 fully saturated rings. The smallest absolute Gasteiger partial charge is 0.361 e. The normalized spacial score (nSPS) is 11.2. The fourth-order valence-electron chi connectivity index (χ4n) is 5.38. The number of unbranched alkanes of at least 4 members (excludes halogenated alkanes) is 14. The molecule has 0 bridgehead atoms. The zero-order chi connectivity index (χ0) is 31.1. The molecule has 0 unspecified atom stereocenters. The topological polar surface area (TPSA) is 39.0 Å². The van der Waals surface area contributed by atoms with Crippen LogP contribution in [0.5, 0.6) is 11.5 Å². The molecule has 44 heavy (non-hydrogen) atoms. The summed E-state index contributed by atoms with van der Waals surface area (Å²) in [5.74, 6) is 3.30. The van der Waals surface area contributed by atoms with Crippen LogP contribution in [-0.4, -0.2) is 20.3 Å². The summed E-state index contributed by atoms with van der Waals surface area (Å²) >= 11 is 0. The largest absolute Gasteiger partial charge is 0.504 e. The van der Waals surface area contributed by atoms with Crippen LogP contribution in [0.25, 0.3) is 28.7 Å².